The Morgan fingerprint density at radius 2 is 1.89 bits per heavy atom. The van der Waals surface area contributed by atoms with E-state index in [0.717, 1.165) is 17.5 Å². The first-order valence-corrected chi connectivity index (χ1v) is 6.59. The predicted octanol–water partition coefficient (Wildman–Crippen LogP) is 2.52. The van der Waals surface area contributed by atoms with E-state index in [1.165, 1.54) is 0 Å². The summed E-state index contributed by atoms with van der Waals surface area (Å²) in [7, 11) is 1.67. The molecule has 1 unspecified atom stereocenters. The second-order valence-corrected chi connectivity index (χ2v) is 4.81. The number of carboxylic acids is 1. The topological polar surface area (TPSA) is 49.8 Å². The van der Waals surface area contributed by atoms with Crippen LogP contribution in [0.2, 0.25) is 0 Å². The first-order valence-electron chi connectivity index (χ1n) is 6.59. The predicted molar refractivity (Wildman–Crippen MR) is 75.0 cm³/mol. The monoisotopic (exact) mass is 265 g/mol. The van der Waals surface area contributed by atoms with Crippen LogP contribution >= 0.6 is 0 Å². The van der Waals surface area contributed by atoms with Crippen molar-refractivity contribution in [3.8, 4) is 0 Å². The van der Waals surface area contributed by atoms with E-state index in [1.54, 1.807) is 7.11 Å². The molecule has 0 aliphatic rings. The number of hydrogen-bond acceptors (Lipinski definition) is 3. The molecule has 1 N–H and O–H groups in total. The lowest BCUT2D eigenvalue weighted by Crippen LogP contribution is -2.36. The summed E-state index contributed by atoms with van der Waals surface area (Å²) in [5, 5.41) is 8.96. The number of nitrogens with zero attached hydrogens (tertiary/aromatic N) is 1. The maximum Gasteiger partial charge on any atom is 0.317 e. The number of carboxylic acid groups (broad SMARTS) is 1. The zero-order chi connectivity index (χ0) is 14.3. The highest BCUT2D eigenvalue weighted by molar-refractivity contribution is 5.69. The summed E-state index contributed by atoms with van der Waals surface area (Å²) in [6, 6.07) is 8.37. The molecular weight excluding hydrogens is 242 g/mol. The van der Waals surface area contributed by atoms with Gasteiger partial charge in [-0.25, -0.2) is 0 Å². The molecule has 0 aliphatic carbocycles. The van der Waals surface area contributed by atoms with Crippen molar-refractivity contribution >= 4 is 5.97 Å². The summed E-state index contributed by atoms with van der Waals surface area (Å²) in [4.78, 5) is 12.9. The molecule has 0 aromatic heterocycles. The summed E-state index contributed by atoms with van der Waals surface area (Å²) in [5.41, 5.74) is 2.25. The van der Waals surface area contributed by atoms with Crippen LogP contribution in [0.5, 0.6) is 0 Å². The molecule has 1 atom stereocenters. The van der Waals surface area contributed by atoms with Crippen LogP contribution in [0, 0.1) is 0 Å². The number of aliphatic carboxylic acids is 1. The smallest absolute Gasteiger partial charge is 0.317 e. The number of carbonyl (C=O) groups is 1. The number of ether oxygens (including phenoxy) is 1. The van der Waals surface area contributed by atoms with Gasteiger partial charge in [0.15, 0.2) is 0 Å². The number of methoxy groups -OCH3 is 1. The van der Waals surface area contributed by atoms with Gasteiger partial charge in [0.1, 0.15) is 0 Å². The van der Waals surface area contributed by atoms with E-state index in [4.69, 9.17) is 9.84 Å². The van der Waals surface area contributed by atoms with Gasteiger partial charge in [0.05, 0.1) is 13.2 Å². The van der Waals surface area contributed by atoms with Gasteiger partial charge in [0, 0.05) is 19.7 Å². The second-order valence-electron chi connectivity index (χ2n) is 4.81. The maximum absolute atomic E-state index is 10.9. The Morgan fingerprint density at radius 3 is 2.37 bits per heavy atom. The molecule has 1 aromatic carbocycles. The third-order valence-corrected chi connectivity index (χ3v) is 3.27. The van der Waals surface area contributed by atoms with Gasteiger partial charge >= 0.3 is 5.97 Å². The van der Waals surface area contributed by atoms with Crippen LogP contribution in [0.4, 0.5) is 0 Å². The molecule has 0 fully saturated rings. The minimum Gasteiger partial charge on any atom is -0.480 e. The third-order valence-electron chi connectivity index (χ3n) is 3.27. The van der Waals surface area contributed by atoms with E-state index in [9.17, 15) is 4.79 Å². The lowest BCUT2D eigenvalue weighted by atomic mass is 10.1. The first kappa shape index (κ1) is 15.7. The van der Waals surface area contributed by atoms with Crippen LogP contribution in [0.15, 0.2) is 24.3 Å². The summed E-state index contributed by atoms with van der Waals surface area (Å²) in [6.07, 6.45) is 0.940. The van der Waals surface area contributed by atoms with Crippen molar-refractivity contribution in [1.29, 1.82) is 0 Å². The zero-order valence-corrected chi connectivity index (χ0v) is 11.9. The fourth-order valence-electron chi connectivity index (χ4n) is 1.94. The van der Waals surface area contributed by atoms with Crippen molar-refractivity contribution in [2.45, 2.75) is 39.5 Å². The second kappa shape index (κ2) is 7.92. The highest BCUT2D eigenvalue weighted by Gasteiger charge is 2.15. The van der Waals surface area contributed by atoms with Crippen LogP contribution < -0.4 is 0 Å². The Kier molecular flexibility index (Phi) is 6.53. The summed E-state index contributed by atoms with van der Waals surface area (Å²) >= 11 is 0. The highest BCUT2D eigenvalue weighted by Crippen LogP contribution is 2.12. The Bertz CT molecular complexity index is 389. The fraction of sp³-hybridized carbons (Fsp3) is 0.533. The van der Waals surface area contributed by atoms with Gasteiger partial charge < -0.3 is 9.84 Å². The molecule has 1 rings (SSSR count). The van der Waals surface area contributed by atoms with Crippen molar-refractivity contribution < 1.29 is 14.6 Å². The minimum absolute atomic E-state index is 0.0782. The van der Waals surface area contributed by atoms with Gasteiger partial charge in [0.2, 0.25) is 0 Å². The van der Waals surface area contributed by atoms with Crippen LogP contribution in [0.1, 0.15) is 31.4 Å². The van der Waals surface area contributed by atoms with E-state index < -0.39 is 5.97 Å². The normalized spacial score (nSPS) is 12.6. The molecule has 19 heavy (non-hydrogen) atoms. The van der Waals surface area contributed by atoms with Gasteiger partial charge in [-0.1, -0.05) is 31.2 Å². The van der Waals surface area contributed by atoms with Crippen LogP contribution in [0.25, 0.3) is 0 Å². The van der Waals surface area contributed by atoms with Crippen LogP contribution in [-0.4, -0.2) is 35.7 Å². The highest BCUT2D eigenvalue weighted by atomic mass is 16.5. The van der Waals surface area contributed by atoms with Crippen molar-refractivity contribution in [1.82, 2.24) is 4.90 Å². The summed E-state index contributed by atoms with van der Waals surface area (Å²) in [6.45, 7) is 5.47. The zero-order valence-electron chi connectivity index (χ0n) is 11.9. The van der Waals surface area contributed by atoms with Crippen molar-refractivity contribution in [3.05, 3.63) is 35.4 Å². The Labute approximate surface area is 115 Å². The molecule has 4 heteroatoms. The SMILES string of the molecule is CCC(C)N(CC(=O)O)Cc1ccc(COC)cc1. The Balaban J connectivity index is 2.69. The molecule has 4 nitrogen and oxygen atoms in total. The molecule has 0 bridgehead atoms. The van der Waals surface area contributed by atoms with Gasteiger partial charge in [-0.05, 0) is 24.5 Å². The molecule has 0 aliphatic heterocycles. The average molecular weight is 265 g/mol. The molecule has 0 heterocycles. The van der Waals surface area contributed by atoms with Crippen molar-refractivity contribution in [3.63, 3.8) is 0 Å². The molecule has 0 spiro atoms. The van der Waals surface area contributed by atoms with E-state index >= 15 is 0 Å². The minimum atomic E-state index is -0.781. The third kappa shape index (κ3) is 5.41. The van der Waals surface area contributed by atoms with E-state index in [0.29, 0.717) is 13.2 Å². The van der Waals surface area contributed by atoms with E-state index in [2.05, 4.69) is 13.8 Å². The average Bonchev–Trinajstić information content (AvgIpc) is 2.39. The molecule has 1 aromatic rings. The largest absolute Gasteiger partial charge is 0.480 e. The lowest BCUT2D eigenvalue weighted by Gasteiger charge is -2.26. The standard InChI is InChI=1S/C15H23NO3/c1-4-12(2)16(10-15(17)18)9-13-5-7-14(8-6-13)11-19-3/h5-8,12H,4,9-11H2,1-3H3,(H,17,18). The summed E-state index contributed by atoms with van der Waals surface area (Å²) in [5.74, 6) is -0.781. The van der Waals surface area contributed by atoms with Crippen molar-refractivity contribution in [2.24, 2.45) is 0 Å². The van der Waals surface area contributed by atoms with Crippen molar-refractivity contribution in [2.75, 3.05) is 13.7 Å². The maximum atomic E-state index is 10.9. The van der Waals surface area contributed by atoms with Gasteiger partial charge in [-0.3, -0.25) is 9.69 Å². The first-order chi connectivity index (χ1) is 9.06. The summed E-state index contributed by atoms with van der Waals surface area (Å²) < 4.78 is 5.07. The number of hydrogen-bond donors (Lipinski definition) is 1. The number of rotatable bonds is 8. The molecule has 106 valence electrons. The van der Waals surface area contributed by atoms with Gasteiger partial charge in [-0.2, -0.15) is 0 Å². The Hall–Kier alpha value is -1.39. The Morgan fingerprint density at radius 1 is 1.32 bits per heavy atom. The van der Waals surface area contributed by atoms with E-state index in [1.807, 2.05) is 29.2 Å². The molecule has 0 saturated carbocycles. The quantitative estimate of drug-likeness (QED) is 0.784. The molecule has 0 amide bonds. The van der Waals surface area contributed by atoms with E-state index in [-0.39, 0.29) is 12.6 Å². The molecular formula is C15H23NO3. The fourth-order valence-corrected chi connectivity index (χ4v) is 1.94. The van der Waals surface area contributed by atoms with Gasteiger partial charge in [-0.15, -0.1) is 0 Å². The van der Waals surface area contributed by atoms with Crippen LogP contribution in [-0.2, 0) is 22.7 Å². The lowest BCUT2D eigenvalue weighted by molar-refractivity contribution is -0.139. The van der Waals surface area contributed by atoms with Gasteiger partial charge in [0.25, 0.3) is 0 Å². The molecule has 0 saturated heterocycles. The molecule has 0 radical (unpaired) electrons. The van der Waals surface area contributed by atoms with Crippen LogP contribution in [0.3, 0.4) is 0 Å². The number of benzene rings is 1.